The van der Waals surface area contributed by atoms with Gasteiger partial charge in [-0.1, -0.05) is 18.2 Å². The molecule has 2 aromatic rings. The van der Waals surface area contributed by atoms with E-state index in [9.17, 15) is 18.0 Å². The van der Waals surface area contributed by atoms with Crippen molar-refractivity contribution in [1.82, 2.24) is 4.31 Å². The predicted octanol–water partition coefficient (Wildman–Crippen LogP) is 2.36. The quantitative estimate of drug-likeness (QED) is 0.672. The average Bonchev–Trinajstić information content (AvgIpc) is 3.33. The summed E-state index contributed by atoms with van der Waals surface area (Å²) in [6.07, 6.45) is 0.688. The van der Waals surface area contributed by atoms with Gasteiger partial charge in [-0.05, 0) is 49.6 Å². The zero-order valence-corrected chi connectivity index (χ0v) is 18.2. The van der Waals surface area contributed by atoms with Gasteiger partial charge in [-0.25, -0.2) is 13.2 Å². The molecule has 1 saturated heterocycles. The van der Waals surface area contributed by atoms with Gasteiger partial charge in [0.15, 0.2) is 0 Å². The fourth-order valence-corrected chi connectivity index (χ4v) is 5.44. The number of anilines is 1. The van der Waals surface area contributed by atoms with E-state index >= 15 is 0 Å². The number of sulfonamides is 1. The Morgan fingerprint density at radius 1 is 1.10 bits per heavy atom. The molecule has 0 bridgehead atoms. The lowest BCUT2D eigenvalue weighted by molar-refractivity contribution is -0.148. The maximum atomic E-state index is 13.6. The molecular formula is C22H24N2O6S. The van der Waals surface area contributed by atoms with E-state index < -0.39 is 28.0 Å². The topological polar surface area (TPSA) is 93.2 Å². The fourth-order valence-electron chi connectivity index (χ4n) is 3.90. The van der Waals surface area contributed by atoms with Crippen molar-refractivity contribution >= 4 is 27.6 Å². The van der Waals surface area contributed by atoms with Gasteiger partial charge in [0.05, 0.1) is 24.2 Å². The number of fused-ring (bicyclic) bond motifs is 1. The van der Waals surface area contributed by atoms with E-state index in [-0.39, 0.29) is 17.0 Å². The molecule has 1 unspecified atom stereocenters. The third-order valence-corrected chi connectivity index (χ3v) is 7.52. The van der Waals surface area contributed by atoms with Crippen LogP contribution in [0.15, 0.2) is 47.4 Å². The number of ether oxygens (including phenoxy) is 2. The Kier molecular flexibility index (Phi) is 5.72. The standard InChI is InChI=1S/C22H24N2O6S/c1-15-9-10-16(31(27,28)23-11-5-6-12-23)13-17(15)21(25)24-14-20(22(26)29-2)30-19-8-4-3-7-18(19)24/h3-4,7-10,13,20H,5-6,11-12,14H2,1-2H3. The maximum absolute atomic E-state index is 13.6. The van der Waals surface area contributed by atoms with Crippen molar-refractivity contribution in [2.75, 3.05) is 31.6 Å². The molecule has 0 N–H and O–H groups in total. The summed E-state index contributed by atoms with van der Waals surface area (Å²) in [5.41, 5.74) is 1.42. The van der Waals surface area contributed by atoms with Crippen LogP contribution in [0, 0.1) is 6.92 Å². The SMILES string of the molecule is COC(=O)C1CN(C(=O)c2cc(S(=O)(=O)N3CCCC3)ccc2C)c2ccccc2O1. The molecule has 0 spiro atoms. The lowest BCUT2D eigenvalue weighted by Crippen LogP contribution is -2.47. The number of esters is 1. The Balaban J connectivity index is 1.73. The molecule has 1 fully saturated rings. The van der Waals surface area contributed by atoms with E-state index in [1.54, 1.807) is 37.3 Å². The zero-order valence-electron chi connectivity index (χ0n) is 17.4. The first-order valence-electron chi connectivity index (χ1n) is 10.1. The number of para-hydroxylation sites is 2. The molecule has 0 saturated carbocycles. The van der Waals surface area contributed by atoms with Crippen molar-refractivity contribution < 1.29 is 27.5 Å². The monoisotopic (exact) mass is 444 g/mol. The second-order valence-electron chi connectivity index (χ2n) is 7.60. The number of carbonyl (C=O) groups excluding carboxylic acids is 2. The first-order chi connectivity index (χ1) is 14.8. The molecule has 31 heavy (non-hydrogen) atoms. The van der Waals surface area contributed by atoms with Gasteiger partial charge >= 0.3 is 5.97 Å². The summed E-state index contributed by atoms with van der Waals surface area (Å²) in [5.74, 6) is -0.606. The van der Waals surface area contributed by atoms with E-state index in [1.165, 1.54) is 28.4 Å². The molecular weight excluding hydrogens is 420 g/mol. The van der Waals surface area contributed by atoms with Crippen molar-refractivity contribution in [1.29, 1.82) is 0 Å². The number of amides is 1. The summed E-state index contributed by atoms with van der Waals surface area (Å²) in [5, 5.41) is 0. The highest BCUT2D eigenvalue weighted by Gasteiger charge is 2.36. The third kappa shape index (κ3) is 3.90. The fraction of sp³-hybridized carbons (Fsp3) is 0.364. The second-order valence-corrected chi connectivity index (χ2v) is 9.54. The molecule has 1 atom stereocenters. The van der Waals surface area contributed by atoms with Gasteiger partial charge in [-0.15, -0.1) is 0 Å². The second kappa shape index (κ2) is 8.32. The van der Waals surface area contributed by atoms with Crippen LogP contribution in [0.4, 0.5) is 5.69 Å². The third-order valence-electron chi connectivity index (χ3n) is 5.63. The molecule has 9 heteroatoms. The van der Waals surface area contributed by atoms with E-state index in [2.05, 4.69) is 0 Å². The van der Waals surface area contributed by atoms with E-state index in [1.807, 2.05) is 0 Å². The van der Waals surface area contributed by atoms with Gasteiger partial charge in [-0.3, -0.25) is 4.79 Å². The van der Waals surface area contributed by atoms with Gasteiger partial charge in [0.2, 0.25) is 16.1 Å². The first-order valence-corrected chi connectivity index (χ1v) is 11.5. The number of carbonyl (C=O) groups is 2. The van der Waals surface area contributed by atoms with Gasteiger partial charge in [0.25, 0.3) is 5.91 Å². The molecule has 2 heterocycles. The highest BCUT2D eigenvalue weighted by Crippen LogP contribution is 2.35. The summed E-state index contributed by atoms with van der Waals surface area (Å²) in [6, 6.07) is 11.5. The Hall–Kier alpha value is -2.91. The molecule has 164 valence electrons. The number of hydrogen-bond acceptors (Lipinski definition) is 6. The van der Waals surface area contributed by atoms with Gasteiger partial charge in [-0.2, -0.15) is 4.31 Å². The summed E-state index contributed by atoms with van der Waals surface area (Å²) in [4.78, 5) is 27.2. The molecule has 1 amide bonds. The average molecular weight is 445 g/mol. The van der Waals surface area contributed by atoms with Crippen LogP contribution >= 0.6 is 0 Å². The maximum Gasteiger partial charge on any atom is 0.348 e. The van der Waals surface area contributed by atoms with Crippen molar-refractivity contribution in [3.63, 3.8) is 0 Å². The van der Waals surface area contributed by atoms with E-state index in [0.29, 0.717) is 30.1 Å². The normalized spacial score (nSPS) is 18.9. The summed E-state index contributed by atoms with van der Waals surface area (Å²) in [7, 11) is -2.41. The number of nitrogens with zero attached hydrogens (tertiary/aromatic N) is 2. The van der Waals surface area contributed by atoms with Crippen molar-refractivity contribution in [2.24, 2.45) is 0 Å². The number of aryl methyl sites for hydroxylation is 1. The molecule has 2 aromatic carbocycles. The minimum atomic E-state index is -3.67. The molecule has 8 nitrogen and oxygen atoms in total. The van der Waals surface area contributed by atoms with Crippen molar-refractivity contribution in [3.8, 4) is 5.75 Å². The van der Waals surface area contributed by atoms with E-state index in [0.717, 1.165) is 12.8 Å². The van der Waals surface area contributed by atoms with Crippen molar-refractivity contribution in [3.05, 3.63) is 53.6 Å². The number of methoxy groups -OCH3 is 1. The molecule has 0 aromatic heterocycles. The smallest absolute Gasteiger partial charge is 0.348 e. The van der Waals surface area contributed by atoms with Gasteiger partial charge in [0, 0.05) is 18.7 Å². The lowest BCUT2D eigenvalue weighted by Gasteiger charge is -2.34. The van der Waals surface area contributed by atoms with Crippen LogP contribution in [0.3, 0.4) is 0 Å². The number of benzene rings is 2. The molecule has 0 aliphatic carbocycles. The highest BCUT2D eigenvalue weighted by molar-refractivity contribution is 7.89. The van der Waals surface area contributed by atoms with Gasteiger partial charge in [0.1, 0.15) is 5.75 Å². The summed E-state index contributed by atoms with van der Waals surface area (Å²) < 4.78 is 37.9. The van der Waals surface area contributed by atoms with Crippen LogP contribution in [-0.2, 0) is 19.6 Å². The summed E-state index contributed by atoms with van der Waals surface area (Å²) in [6.45, 7) is 2.68. The predicted molar refractivity (Wildman–Crippen MR) is 114 cm³/mol. The first kappa shape index (κ1) is 21.3. The van der Waals surface area contributed by atoms with Crippen LogP contribution in [-0.4, -0.2) is 57.4 Å². The Labute approximate surface area is 181 Å². The largest absolute Gasteiger partial charge is 0.475 e. The number of hydrogen-bond donors (Lipinski definition) is 0. The van der Waals surface area contributed by atoms with Crippen LogP contribution in [0.1, 0.15) is 28.8 Å². The molecule has 2 aliphatic heterocycles. The minimum Gasteiger partial charge on any atom is -0.475 e. The number of rotatable bonds is 4. The van der Waals surface area contributed by atoms with Crippen molar-refractivity contribution in [2.45, 2.75) is 30.8 Å². The molecule has 0 radical (unpaired) electrons. The summed E-state index contributed by atoms with van der Waals surface area (Å²) >= 11 is 0. The van der Waals surface area contributed by atoms with Crippen LogP contribution in [0.2, 0.25) is 0 Å². The lowest BCUT2D eigenvalue weighted by atomic mass is 10.1. The Morgan fingerprint density at radius 3 is 2.52 bits per heavy atom. The molecule has 2 aliphatic rings. The van der Waals surface area contributed by atoms with Crippen LogP contribution in [0.25, 0.3) is 0 Å². The van der Waals surface area contributed by atoms with Gasteiger partial charge < -0.3 is 14.4 Å². The minimum absolute atomic E-state index is 0.0366. The zero-order chi connectivity index (χ0) is 22.2. The highest BCUT2D eigenvalue weighted by atomic mass is 32.2. The van der Waals surface area contributed by atoms with Crippen LogP contribution in [0.5, 0.6) is 5.75 Å². The molecule has 4 rings (SSSR count). The van der Waals surface area contributed by atoms with Crippen LogP contribution < -0.4 is 9.64 Å². The van der Waals surface area contributed by atoms with E-state index in [4.69, 9.17) is 9.47 Å². The Morgan fingerprint density at radius 2 is 1.81 bits per heavy atom. The Bertz CT molecular complexity index is 1120.